The van der Waals surface area contributed by atoms with Crippen molar-refractivity contribution in [2.75, 3.05) is 34.2 Å². The molecule has 20 heavy (non-hydrogen) atoms. The van der Waals surface area contributed by atoms with E-state index in [1.807, 2.05) is 13.0 Å². The van der Waals surface area contributed by atoms with Gasteiger partial charge in [-0.05, 0) is 39.0 Å². The number of rotatable bonds is 8. The quantitative estimate of drug-likeness (QED) is 0.733. The lowest BCUT2D eigenvalue weighted by Gasteiger charge is -2.20. The van der Waals surface area contributed by atoms with Crippen molar-refractivity contribution < 1.29 is 4.79 Å². The van der Waals surface area contributed by atoms with Gasteiger partial charge >= 0.3 is 0 Å². The Morgan fingerprint density at radius 1 is 1.20 bits per heavy atom. The predicted octanol–water partition coefficient (Wildman–Crippen LogP) is 1.57. The fourth-order valence-corrected chi connectivity index (χ4v) is 2.12. The van der Waals surface area contributed by atoms with E-state index >= 15 is 0 Å². The molecule has 0 aliphatic rings. The summed E-state index contributed by atoms with van der Waals surface area (Å²) in [5.74, 6) is 0.127. The summed E-state index contributed by atoms with van der Waals surface area (Å²) in [7, 11) is 5.70. The number of nitrogens with one attached hydrogen (secondary N) is 1. The van der Waals surface area contributed by atoms with E-state index in [1.54, 1.807) is 19.0 Å². The minimum Gasteiger partial charge on any atom is -0.347 e. The van der Waals surface area contributed by atoms with E-state index < -0.39 is 0 Å². The molecule has 0 radical (unpaired) electrons. The van der Waals surface area contributed by atoms with E-state index in [0.29, 0.717) is 0 Å². The minimum absolute atomic E-state index is 0.107. The first-order valence-corrected chi connectivity index (χ1v) is 7.17. The number of hydrogen-bond acceptors (Lipinski definition) is 3. The number of carbonyl (C=O) groups excluding carboxylic acids is 1. The number of amides is 1. The molecule has 1 amide bonds. The van der Waals surface area contributed by atoms with Crippen LogP contribution in [0, 0.1) is 0 Å². The van der Waals surface area contributed by atoms with Crippen LogP contribution < -0.4 is 5.32 Å². The third-order valence-electron chi connectivity index (χ3n) is 3.27. The van der Waals surface area contributed by atoms with Crippen molar-refractivity contribution in [3.8, 4) is 0 Å². The van der Waals surface area contributed by atoms with E-state index in [9.17, 15) is 4.79 Å². The third kappa shape index (κ3) is 6.17. The van der Waals surface area contributed by atoms with Gasteiger partial charge in [-0.2, -0.15) is 0 Å². The molecule has 0 saturated carbocycles. The second-order valence-corrected chi connectivity index (χ2v) is 5.49. The Morgan fingerprint density at radius 3 is 2.45 bits per heavy atom. The first-order chi connectivity index (χ1) is 9.50. The summed E-state index contributed by atoms with van der Waals surface area (Å²) < 4.78 is 0. The molecular weight excluding hydrogens is 250 g/mol. The molecule has 0 spiro atoms. The van der Waals surface area contributed by atoms with Crippen molar-refractivity contribution in [2.45, 2.75) is 25.9 Å². The zero-order valence-electron chi connectivity index (χ0n) is 13.1. The molecule has 1 N–H and O–H groups in total. The molecule has 4 nitrogen and oxygen atoms in total. The SMILES string of the molecule is CC(NCCCN(C)Cc1ccccc1)C(=O)N(C)C. The number of likely N-dealkylation sites (N-methyl/N-ethyl adjacent to an activating group) is 1. The molecule has 0 fully saturated rings. The molecular formula is C16H27N3O. The molecule has 0 heterocycles. The summed E-state index contributed by atoms with van der Waals surface area (Å²) in [4.78, 5) is 15.6. The van der Waals surface area contributed by atoms with Crippen LogP contribution in [0.4, 0.5) is 0 Å². The summed E-state index contributed by atoms with van der Waals surface area (Å²) in [5.41, 5.74) is 1.33. The van der Waals surface area contributed by atoms with Gasteiger partial charge in [0.2, 0.25) is 5.91 Å². The molecule has 1 aromatic carbocycles. The molecule has 0 aliphatic carbocycles. The topological polar surface area (TPSA) is 35.6 Å². The maximum atomic E-state index is 11.7. The number of hydrogen-bond donors (Lipinski definition) is 1. The van der Waals surface area contributed by atoms with Gasteiger partial charge in [0.15, 0.2) is 0 Å². The largest absolute Gasteiger partial charge is 0.347 e. The van der Waals surface area contributed by atoms with Crippen LogP contribution in [-0.4, -0.2) is 56.0 Å². The van der Waals surface area contributed by atoms with Crippen LogP contribution in [0.1, 0.15) is 18.9 Å². The molecule has 1 rings (SSSR count). The number of nitrogens with zero attached hydrogens (tertiary/aromatic N) is 2. The van der Waals surface area contributed by atoms with Crippen molar-refractivity contribution in [3.05, 3.63) is 35.9 Å². The monoisotopic (exact) mass is 277 g/mol. The van der Waals surface area contributed by atoms with Crippen LogP contribution in [0.2, 0.25) is 0 Å². The van der Waals surface area contributed by atoms with Gasteiger partial charge in [0, 0.05) is 20.6 Å². The highest BCUT2D eigenvalue weighted by atomic mass is 16.2. The molecule has 0 aliphatic heterocycles. The molecule has 4 heteroatoms. The zero-order chi connectivity index (χ0) is 15.0. The van der Waals surface area contributed by atoms with E-state index in [-0.39, 0.29) is 11.9 Å². The Kier molecular flexibility index (Phi) is 7.26. The van der Waals surface area contributed by atoms with Gasteiger partial charge in [0.1, 0.15) is 0 Å². The maximum Gasteiger partial charge on any atom is 0.238 e. The highest BCUT2D eigenvalue weighted by Crippen LogP contribution is 2.02. The predicted molar refractivity (Wildman–Crippen MR) is 83.6 cm³/mol. The van der Waals surface area contributed by atoms with Crippen LogP contribution in [0.25, 0.3) is 0 Å². The lowest BCUT2D eigenvalue weighted by molar-refractivity contribution is -0.130. The van der Waals surface area contributed by atoms with Crippen LogP contribution in [0.5, 0.6) is 0 Å². The molecule has 1 atom stereocenters. The number of benzene rings is 1. The van der Waals surface area contributed by atoms with Crippen LogP contribution in [0.15, 0.2) is 30.3 Å². The molecule has 0 bridgehead atoms. The Bertz CT molecular complexity index is 392. The summed E-state index contributed by atoms with van der Waals surface area (Å²) in [6.07, 6.45) is 1.04. The van der Waals surface area contributed by atoms with Crippen molar-refractivity contribution in [1.82, 2.24) is 15.1 Å². The van der Waals surface area contributed by atoms with E-state index in [4.69, 9.17) is 0 Å². The second kappa shape index (κ2) is 8.72. The highest BCUT2D eigenvalue weighted by molar-refractivity contribution is 5.80. The molecule has 1 aromatic rings. The average Bonchev–Trinajstić information content (AvgIpc) is 2.43. The van der Waals surface area contributed by atoms with Crippen molar-refractivity contribution in [1.29, 1.82) is 0 Å². The zero-order valence-corrected chi connectivity index (χ0v) is 13.1. The van der Waals surface area contributed by atoms with Gasteiger partial charge in [0.25, 0.3) is 0 Å². The summed E-state index contributed by atoms with van der Waals surface area (Å²) in [5, 5.41) is 3.27. The second-order valence-electron chi connectivity index (χ2n) is 5.49. The van der Waals surface area contributed by atoms with Gasteiger partial charge in [-0.25, -0.2) is 0 Å². The standard InChI is InChI=1S/C16H27N3O/c1-14(16(20)18(2)3)17-11-8-12-19(4)13-15-9-6-5-7-10-15/h5-7,9-10,14,17H,8,11-13H2,1-4H3. The number of carbonyl (C=O) groups is 1. The van der Waals surface area contributed by atoms with Gasteiger partial charge in [-0.15, -0.1) is 0 Å². The molecule has 112 valence electrons. The smallest absolute Gasteiger partial charge is 0.238 e. The van der Waals surface area contributed by atoms with Crippen LogP contribution in [0.3, 0.4) is 0 Å². The summed E-state index contributed by atoms with van der Waals surface area (Å²) in [6.45, 7) is 4.76. The van der Waals surface area contributed by atoms with E-state index in [2.05, 4.69) is 41.5 Å². The third-order valence-corrected chi connectivity index (χ3v) is 3.27. The maximum absolute atomic E-state index is 11.7. The Labute approximate surface area is 122 Å². The first-order valence-electron chi connectivity index (χ1n) is 7.17. The Balaban J connectivity index is 2.16. The van der Waals surface area contributed by atoms with E-state index in [0.717, 1.165) is 26.1 Å². The Hall–Kier alpha value is -1.39. The Morgan fingerprint density at radius 2 is 1.85 bits per heavy atom. The minimum atomic E-state index is -0.107. The van der Waals surface area contributed by atoms with Crippen LogP contribution in [-0.2, 0) is 11.3 Å². The van der Waals surface area contributed by atoms with Crippen molar-refractivity contribution in [2.24, 2.45) is 0 Å². The summed E-state index contributed by atoms with van der Waals surface area (Å²) >= 11 is 0. The average molecular weight is 277 g/mol. The van der Waals surface area contributed by atoms with Crippen LogP contribution >= 0.6 is 0 Å². The lowest BCUT2D eigenvalue weighted by atomic mass is 10.2. The normalized spacial score (nSPS) is 12.4. The highest BCUT2D eigenvalue weighted by Gasteiger charge is 2.13. The molecule has 0 aromatic heterocycles. The fourth-order valence-electron chi connectivity index (χ4n) is 2.12. The first kappa shape index (κ1) is 16.7. The fraction of sp³-hybridized carbons (Fsp3) is 0.562. The van der Waals surface area contributed by atoms with Crippen molar-refractivity contribution >= 4 is 5.91 Å². The molecule has 1 unspecified atom stereocenters. The summed E-state index contributed by atoms with van der Waals surface area (Å²) in [6, 6.07) is 10.4. The molecule has 0 saturated heterocycles. The van der Waals surface area contributed by atoms with Crippen molar-refractivity contribution in [3.63, 3.8) is 0 Å². The van der Waals surface area contributed by atoms with E-state index in [1.165, 1.54) is 5.56 Å². The van der Waals surface area contributed by atoms with Gasteiger partial charge in [-0.3, -0.25) is 4.79 Å². The van der Waals surface area contributed by atoms with Gasteiger partial charge < -0.3 is 15.1 Å². The lowest BCUT2D eigenvalue weighted by Crippen LogP contribution is -2.42. The van der Waals surface area contributed by atoms with Gasteiger partial charge in [0.05, 0.1) is 6.04 Å². The van der Waals surface area contributed by atoms with Gasteiger partial charge in [-0.1, -0.05) is 30.3 Å².